The SMILES string of the molecule is CCCCC(=O)OCS(=O)(=O)O.[Li].[Li]. The first-order chi connectivity index (χ1) is 5.45. The quantitative estimate of drug-likeness (QED) is 0.386. The molecule has 0 aromatic rings. The third kappa shape index (κ3) is 15.1. The number of hydrogen-bond donors (Lipinski definition) is 1. The number of carbonyl (C=O) groups is 1. The van der Waals surface area contributed by atoms with Gasteiger partial charge in [-0.15, -0.1) is 0 Å². The van der Waals surface area contributed by atoms with Crippen LogP contribution in [0.5, 0.6) is 0 Å². The van der Waals surface area contributed by atoms with Crippen molar-refractivity contribution in [2.75, 3.05) is 5.94 Å². The van der Waals surface area contributed by atoms with Crippen LogP contribution in [0.2, 0.25) is 0 Å². The van der Waals surface area contributed by atoms with E-state index in [9.17, 15) is 13.2 Å². The monoisotopic (exact) mass is 210 g/mol. The molecule has 0 aliphatic carbocycles. The third-order valence-corrected chi connectivity index (χ3v) is 1.52. The van der Waals surface area contributed by atoms with Crippen LogP contribution in [0.1, 0.15) is 26.2 Å². The Hall–Kier alpha value is 0.575. The number of rotatable bonds is 5. The van der Waals surface area contributed by atoms with Crippen LogP contribution in [0.15, 0.2) is 0 Å². The van der Waals surface area contributed by atoms with Crippen molar-refractivity contribution in [3.05, 3.63) is 0 Å². The molecule has 0 heterocycles. The molecule has 0 spiro atoms. The summed E-state index contributed by atoms with van der Waals surface area (Å²) >= 11 is 0. The number of hydrogen-bond acceptors (Lipinski definition) is 4. The van der Waals surface area contributed by atoms with Gasteiger partial charge in [0.15, 0.2) is 0 Å². The van der Waals surface area contributed by atoms with Crippen molar-refractivity contribution in [1.29, 1.82) is 0 Å². The van der Waals surface area contributed by atoms with Gasteiger partial charge in [-0.25, -0.2) is 0 Å². The van der Waals surface area contributed by atoms with Crippen LogP contribution in [0.4, 0.5) is 0 Å². The van der Waals surface area contributed by atoms with E-state index in [0.29, 0.717) is 6.42 Å². The molecule has 0 amide bonds. The van der Waals surface area contributed by atoms with Crippen LogP contribution >= 0.6 is 0 Å². The first kappa shape index (κ1) is 20.0. The van der Waals surface area contributed by atoms with Gasteiger partial charge in [0.25, 0.3) is 0 Å². The van der Waals surface area contributed by atoms with Gasteiger partial charge in [0.2, 0.25) is 5.94 Å². The van der Waals surface area contributed by atoms with Crippen LogP contribution in [0.3, 0.4) is 0 Å². The topological polar surface area (TPSA) is 80.7 Å². The molecule has 0 unspecified atom stereocenters. The molecule has 0 aromatic carbocycles. The summed E-state index contributed by atoms with van der Waals surface area (Å²) in [5, 5.41) is 0. The molecule has 0 bridgehead atoms. The minimum Gasteiger partial charge on any atom is -0.447 e. The van der Waals surface area contributed by atoms with E-state index in [4.69, 9.17) is 4.55 Å². The third-order valence-electron chi connectivity index (χ3n) is 1.10. The van der Waals surface area contributed by atoms with E-state index in [0.717, 1.165) is 6.42 Å². The molecule has 0 aromatic heterocycles. The second-order valence-corrected chi connectivity index (χ2v) is 3.72. The van der Waals surface area contributed by atoms with Gasteiger partial charge in [0, 0.05) is 44.1 Å². The predicted octanol–water partition coefficient (Wildman–Crippen LogP) is -0.197. The smallest absolute Gasteiger partial charge is 0.306 e. The van der Waals surface area contributed by atoms with Crippen LogP contribution in [-0.2, 0) is 19.6 Å². The van der Waals surface area contributed by atoms with E-state index in [2.05, 4.69) is 4.74 Å². The van der Waals surface area contributed by atoms with Gasteiger partial charge in [-0.3, -0.25) is 9.35 Å². The van der Waals surface area contributed by atoms with Crippen molar-refractivity contribution in [2.45, 2.75) is 26.2 Å². The molecule has 8 heteroatoms. The average molecular weight is 210 g/mol. The maximum absolute atomic E-state index is 10.7. The van der Waals surface area contributed by atoms with E-state index < -0.39 is 22.0 Å². The van der Waals surface area contributed by atoms with E-state index in [1.165, 1.54) is 0 Å². The Kier molecular flexibility index (Phi) is 14.5. The molecule has 0 aliphatic rings. The van der Waals surface area contributed by atoms with Crippen molar-refractivity contribution in [2.24, 2.45) is 0 Å². The number of carbonyl (C=O) groups excluding carboxylic acids is 1. The van der Waals surface area contributed by atoms with E-state index in [-0.39, 0.29) is 44.1 Å². The molecule has 2 radical (unpaired) electrons. The fraction of sp³-hybridized carbons (Fsp3) is 0.833. The second-order valence-electron chi connectivity index (χ2n) is 2.32. The summed E-state index contributed by atoms with van der Waals surface area (Å²) in [7, 11) is -4.19. The minimum atomic E-state index is -4.19. The maximum atomic E-state index is 10.7. The van der Waals surface area contributed by atoms with Gasteiger partial charge in [0.1, 0.15) is 0 Å². The van der Waals surface area contributed by atoms with E-state index in [1.54, 1.807) is 0 Å². The van der Waals surface area contributed by atoms with Gasteiger partial charge in [-0.05, 0) is 6.42 Å². The number of unbranched alkanes of at least 4 members (excludes halogenated alkanes) is 1. The zero-order chi connectivity index (χ0) is 9.61. The summed E-state index contributed by atoms with van der Waals surface area (Å²) in [6, 6.07) is 0. The van der Waals surface area contributed by atoms with Crippen molar-refractivity contribution >= 4 is 53.8 Å². The minimum absolute atomic E-state index is 0. The molecule has 0 fully saturated rings. The molecular weight excluding hydrogens is 198 g/mol. The van der Waals surface area contributed by atoms with Crippen LogP contribution in [-0.4, -0.2) is 62.6 Å². The summed E-state index contributed by atoms with van der Waals surface area (Å²) in [6.45, 7) is 1.90. The zero-order valence-corrected chi connectivity index (χ0v) is 9.63. The Morgan fingerprint density at radius 2 is 1.86 bits per heavy atom. The Morgan fingerprint density at radius 1 is 1.36 bits per heavy atom. The number of esters is 1. The molecule has 14 heavy (non-hydrogen) atoms. The second kappa shape index (κ2) is 10.1. The Bertz CT molecular complexity index is 239. The van der Waals surface area contributed by atoms with Crippen molar-refractivity contribution in [3.8, 4) is 0 Å². The standard InChI is InChI=1S/C6H12O5S.2Li/c1-2-3-4-6(7)11-5-12(8,9)10;;/h2-5H2,1H3,(H,8,9,10);;. The van der Waals surface area contributed by atoms with Gasteiger partial charge in [0.05, 0.1) is 0 Å². The normalized spacial score (nSPS) is 9.57. The van der Waals surface area contributed by atoms with E-state index in [1.807, 2.05) is 6.92 Å². The van der Waals surface area contributed by atoms with Gasteiger partial charge in [-0.2, -0.15) is 8.42 Å². The Morgan fingerprint density at radius 3 is 2.21 bits per heavy atom. The largest absolute Gasteiger partial charge is 0.447 e. The van der Waals surface area contributed by atoms with E-state index >= 15 is 0 Å². The Balaban J connectivity index is -0.000000605. The molecular formula is C6H12Li2O5S. The van der Waals surface area contributed by atoms with Gasteiger partial charge in [-0.1, -0.05) is 13.3 Å². The van der Waals surface area contributed by atoms with Gasteiger partial charge < -0.3 is 4.74 Å². The molecule has 0 saturated heterocycles. The summed E-state index contributed by atoms with van der Waals surface area (Å²) in [4.78, 5) is 10.7. The Labute approximate surface area is 108 Å². The summed E-state index contributed by atoms with van der Waals surface area (Å²) in [6.07, 6.45) is 1.68. The first-order valence-electron chi connectivity index (χ1n) is 3.56. The van der Waals surface area contributed by atoms with Crippen LogP contribution in [0.25, 0.3) is 0 Å². The van der Waals surface area contributed by atoms with Crippen molar-refractivity contribution < 1.29 is 22.5 Å². The fourth-order valence-corrected chi connectivity index (χ4v) is 0.814. The average Bonchev–Trinajstić information content (AvgIpc) is 1.95. The maximum Gasteiger partial charge on any atom is 0.306 e. The van der Waals surface area contributed by atoms with Crippen molar-refractivity contribution in [1.82, 2.24) is 0 Å². The van der Waals surface area contributed by atoms with Crippen LogP contribution < -0.4 is 0 Å². The molecule has 74 valence electrons. The molecule has 0 rings (SSSR count). The molecule has 5 nitrogen and oxygen atoms in total. The number of ether oxygens (including phenoxy) is 1. The predicted molar refractivity (Wildman–Crippen MR) is 53.5 cm³/mol. The molecule has 1 N–H and O–H groups in total. The summed E-state index contributed by atoms with van der Waals surface area (Å²) < 4.78 is 32.6. The first-order valence-corrected chi connectivity index (χ1v) is 5.17. The van der Waals surface area contributed by atoms with Gasteiger partial charge >= 0.3 is 16.1 Å². The molecule has 0 saturated carbocycles. The summed E-state index contributed by atoms with van der Waals surface area (Å²) in [5.74, 6) is -1.55. The fourth-order valence-electron chi connectivity index (χ4n) is 0.533. The molecule has 0 atom stereocenters. The zero-order valence-electron chi connectivity index (χ0n) is 8.82. The van der Waals surface area contributed by atoms with Crippen LogP contribution in [0, 0.1) is 0 Å². The van der Waals surface area contributed by atoms with Crippen molar-refractivity contribution in [3.63, 3.8) is 0 Å². The summed E-state index contributed by atoms with van der Waals surface area (Å²) in [5.41, 5.74) is 0. The molecule has 0 aliphatic heterocycles.